The molecule has 1 heterocycles. The standard InChI is InChI=1S/C15H17F2N3O2S/c1-9-6-18-13(23-9)7-19-14(21)20-8-15(2,22)11-4-3-10(16)5-12(11)17/h3-6,22H,7-8H2,1-2H3,(H2,19,20,21). The molecule has 1 aromatic heterocycles. The molecule has 8 heteroatoms. The Bertz CT molecular complexity index is 704. The minimum Gasteiger partial charge on any atom is -0.383 e. The van der Waals surface area contributed by atoms with Crippen molar-refractivity contribution in [3.8, 4) is 0 Å². The molecule has 2 amide bonds. The first kappa shape index (κ1) is 17.3. The molecule has 0 fully saturated rings. The van der Waals surface area contributed by atoms with E-state index < -0.39 is 23.3 Å². The van der Waals surface area contributed by atoms with Crippen LogP contribution in [0.4, 0.5) is 13.6 Å². The fourth-order valence-corrected chi connectivity index (χ4v) is 2.70. The predicted molar refractivity (Wildman–Crippen MR) is 83.0 cm³/mol. The van der Waals surface area contributed by atoms with Gasteiger partial charge < -0.3 is 15.7 Å². The van der Waals surface area contributed by atoms with E-state index in [4.69, 9.17) is 0 Å². The van der Waals surface area contributed by atoms with Crippen molar-refractivity contribution in [2.24, 2.45) is 0 Å². The van der Waals surface area contributed by atoms with E-state index in [9.17, 15) is 18.7 Å². The first-order chi connectivity index (χ1) is 10.8. The highest BCUT2D eigenvalue weighted by Gasteiger charge is 2.27. The molecular formula is C15H17F2N3O2S. The second kappa shape index (κ2) is 7.01. The van der Waals surface area contributed by atoms with Crippen molar-refractivity contribution in [2.75, 3.05) is 6.54 Å². The lowest BCUT2D eigenvalue weighted by Gasteiger charge is -2.24. The minimum absolute atomic E-state index is 0.0882. The highest BCUT2D eigenvalue weighted by Crippen LogP contribution is 2.23. The van der Waals surface area contributed by atoms with Crippen LogP contribution in [0.15, 0.2) is 24.4 Å². The van der Waals surface area contributed by atoms with Gasteiger partial charge in [0.15, 0.2) is 0 Å². The zero-order valence-corrected chi connectivity index (χ0v) is 13.5. The van der Waals surface area contributed by atoms with Crippen LogP contribution < -0.4 is 10.6 Å². The number of nitrogens with zero attached hydrogens (tertiary/aromatic N) is 1. The van der Waals surface area contributed by atoms with Crippen molar-refractivity contribution < 1.29 is 18.7 Å². The van der Waals surface area contributed by atoms with Crippen LogP contribution >= 0.6 is 11.3 Å². The number of thiazole rings is 1. The van der Waals surface area contributed by atoms with Gasteiger partial charge in [0.05, 0.1) is 13.1 Å². The Balaban J connectivity index is 1.89. The zero-order chi connectivity index (χ0) is 17.0. The van der Waals surface area contributed by atoms with Crippen molar-refractivity contribution in [1.29, 1.82) is 0 Å². The van der Waals surface area contributed by atoms with Crippen LogP contribution in [0.5, 0.6) is 0 Å². The summed E-state index contributed by atoms with van der Waals surface area (Å²) < 4.78 is 26.6. The van der Waals surface area contributed by atoms with Gasteiger partial charge in [-0.3, -0.25) is 0 Å². The Morgan fingerprint density at radius 2 is 2.13 bits per heavy atom. The minimum atomic E-state index is -1.66. The highest BCUT2D eigenvalue weighted by molar-refractivity contribution is 7.11. The Hall–Kier alpha value is -2.06. The molecular weight excluding hydrogens is 324 g/mol. The number of nitrogens with one attached hydrogen (secondary N) is 2. The van der Waals surface area contributed by atoms with Crippen molar-refractivity contribution in [3.63, 3.8) is 0 Å². The van der Waals surface area contributed by atoms with Crippen LogP contribution in [0.3, 0.4) is 0 Å². The first-order valence-corrected chi connectivity index (χ1v) is 7.70. The molecule has 0 saturated carbocycles. The summed E-state index contributed by atoms with van der Waals surface area (Å²) in [5.41, 5.74) is -1.75. The fourth-order valence-electron chi connectivity index (χ4n) is 1.98. The molecule has 0 radical (unpaired) electrons. The lowest BCUT2D eigenvalue weighted by molar-refractivity contribution is 0.0555. The number of aliphatic hydroxyl groups is 1. The monoisotopic (exact) mass is 341 g/mol. The maximum atomic E-state index is 13.7. The van der Waals surface area contributed by atoms with Gasteiger partial charge in [-0.1, -0.05) is 6.07 Å². The molecule has 0 aliphatic heterocycles. The van der Waals surface area contributed by atoms with Gasteiger partial charge in [-0.2, -0.15) is 0 Å². The predicted octanol–water partition coefficient (Wildman–Crippen LogP) is 2.44. The van der Waals surface area contributed by atoms with Gasteiger partial charge in [-0.05, 0) is 19.9 Å². The number of carbonyl (C=O) groups is 1. The molecule has 1 unspecified atom stereocenters. The van der Waals surface area contributed by atoms with Crippen LogP contribution in [0.1, 0.15) is 22.4 Å². The molecule has 1 atom stereocenters. The maximum absolute atomic E-state index is 13.7. The van der Waals surface area contributed by atoms with Gasteiger partial charge >= 0.3 is 6.03 Å². The molecule has 2 aromatic rings. The van der Waals surface area contributed by atoms with Crippen molar-refractivity contribution in [3.05, 3.63) is 51.5 Å². The second-order valence-corrected chi connectivity index (χ2v) is 6.62. The molecule has 0 bridgehead atoms. The van der Waals surface area contributed by atoms with Crippen LogP contribution in [0.2, 0.25) is 0 Å². The summed E-state index contributed by atoms with van der Waals surface area (Å²) in [6.45, 7) is 3.29. The number of amides is 2. The van der Waals surface area contributed by atoms with Crippen LogP contribution in [0.25, 0.3) is 0 Å². The third-order valence-electron chi connectivity index (χ3n) is 3.17. The highest BCUT2D eigenvalue weighted by atomic mass is 32.1. The van der Waals surface area contributed by atoms with E-state index in [1.54, 1.807) is 6.20 Å². The lowest BCUT2D eigenvalue weighted by atomic mass is 9.95. The number of hydrogen-bond donors (Lipinski definition) is 3. The van der Waals surface area contributed by atoms with Crippen molar-refractivity contribution in [2.45, 2.75) is 26.0 Å². The number of aromatic nitrogens is 1. The summed E-state index contributed by atoms with van der Waals surface area (Å²) in [6, 6.07) is 2.38. The van der Waals surface area contributed by atoms with E-state index in [0.29, 0.717) is 6.07 Å². The first-order valence-electron chi connectivity index (χ1n) is 6.89. The van der Waals surface area contributed by atoms with Gasteiger partial charge in [-0.25, -0.2) is 18.6 Å². The Morgan fingerprint density at radius 3 is 2.74 bits per heavy atom. The lowest BCUT2D eigenvalue weighted by Crippen LogP contribution is -2.43. The summed E-state index contributed by atoms with van der Waals surface area (Å²) in [5, 5.41) is 16.1. The summed E-state index contributed by atoms with van der Waals surface area (Å²) in [6.07, 6.45) is 1.71. The van der Waals surface area contributed by atoms with Gasteiger partial charge in [-0.15, -0.1) is 11.3 Å². The fraction of sp³-hybridized carbons (Fsp3) is 0.333. The second-order valence-electron chi connectivity index (χ2n) is 5.30. The molecule has 5 nitrogen and oxygen atoms in total. The summed E-state index contributed by atoms with van der Waals surface area (Å²) in [4.78, 5) is 16.9. The van der Waals surface area contributed by atoms with E-state index in [-0.39, 0.29) is 18.7 Å². The van der Waals surface area contributed by atoms with E-state index in [1.807, 2.05) is 6.92 Å². The Labute approximate surface area is 136 Å². The number of carbonyl (C=O) groups excluding carboxylic acids is 1. The molecule has 23 heavy (non-hydrogen) atoms. The average molecular weight is 341 g/mol. The summed E-state index contributed by atoms with van der Waals surface area (Å²) >= 11 is 1.47. The smallest absolute Gasteiger partial charge is 0.315 e. The SMILES string of the molecule is Cc1cnc(CNC(=O)NCC(C)(O)c2ccc(F)cc2F)s1. The van der Waals surface area contributed by atoms with Crippen LogP contribution in [-0.4, -0.2) is 22.7 Å². The molecule has 0 saturated heterocycles. The largest absolute Gasteiger partial charge is 0.383 e. The van der Waals surface area contributed by atoms with Crippen molar-refractivity contribution in [1.82, 2.24) is 15.6 Å². The zero-order valence-electron chi connectivity index (χ0n) is 12.7. The third kappa shape index (κ3) is 4.70. The summed E-state index contributed by atoms with van der Waals surface area (Å²) in [7, 11) is 0. The van der Waals surface area contributed by atoms with E-state index in [0.717, 1.165) is 22.0 Å². The number of halogens is 2. The van der Waals surface area contributed by atoms with Crippen molar-refractivity contribution >= 4 is 17.4 Å². The molecule has 3 N–H and O–H groups in total. The molecule has 0 spiro atoms. The Morgan fingerprint density at radius 1 is 1.39 bits per heavy atom. The van der Waals surface area contributed by atoms with Crippen LogP contribution in [0, 0.1) is 18.6 Å². The maximum Gasteiger partial charge on any atom is 0.315 e. The van der Waals surface area contributed by atoms with Gasteiger partial charge in [0.2, 0.25) is 0 Å². The Kier molecular flexibility index (Phi) is 5.27. The average Bonchev–Trinajstić information content (AvgIpc) is 2.88. The topological polar surface area (TPSA) is 74.2 Å². The van der Waals surface area contributed by atoms with E-state index in [2.05, 4.69) is 15.6 Å². The molecule has 1 aromatic carbocycles. The van der Waals surface area contributed by atoms with Gasteiger partial charge in [0.1, 0.15) is 22.2 Å². The summed E-state index contributed by atoms with van der Waals surface area (Å²) in [5.74, 6) is -1.60. The number of hydrogen-bond acceptors (Lipinski definition) is 4. The molecule has 124 valence electrons. The quantitative estimate of drug-likeness (QED) is 0.782. The molecule has 2 rings (SSSR count). The number of urea groups is 1. The van der Waals surface area contributed by atoms with E-state index in [1.165, 1.54) is 18.3 Å². The molecule has 0 aliphatic rings. The molecule has 0 aliphatic carbocycles. The van der Waals surface area contributed by atoms with Gasteiger partial charge in [0.25, 0.3) is 0 Å². The van der Waals surface area contributed by atoms with Crippen LogP contribution in [-0.2, 0) is 12.1 Å². The number of rotatable bonds is 5. The number of benzene rings is 1. The van der Waals surface area contributed by atoms with Gasteiger partial charge in [0, 0.05) is 22.7 Å². The number of aryl methyl sites for hydroxylation is 1. The van der Waals surface area contributed by atoms with E-state index >= 15 is 0 Å². The normalized spacial score (nSPS) is 13.4. The third-order valence-corrected chi connectivity index (χ3v) is 4.09.